The number of allylic oxidation sites excluding steroid dienone is 1. The smallest absolute Gasteiger partial charge is 0.240 e. The van der Waals surface area contributed by atoms with Crippen LogP contribution < -0.4 is 14.4 Å². The van der Waals surface area contributed by atoms with E-state index in [9.17, 15) is 14.4 Å². The maximum Gasteiger partial charge on any atom is 0.240 e. The Kier molecular flexibility index (Phi) is 3.77. The molecule has 4 aliphatic heterocycles. The summed E-state index contributed by atoms with van der Waals surface area (Å²) in [5, 5.41) is 5.97. The minimum absolute atomic E-state index is 0.0966. The number of Topliss-reactive ketones (excluding diaryl/α,β-unsaturated/α-hetero) is 1. The van der Waals surface area contributed by atoms with E-state index in [1.807, 2.05) is 12.1 Å². The van der Waals surface area contributed by atoms with Crippen LogP contribution in [-0.2, 0) is 9.59 Å². The highest BCUT2D eigenvalue weighted by atomic mass is 16.7. The lowest BCUT2D eigenvalue weighted by atomic mass is 9.86. The Morgan fingerprint density at radius 3 is 2.58 bits per heavy atom. The van der Waals surface area contributed by atoms with E-state index in [2.05, 4.69) is 5.10 Å². The third kappa shape index (κ3) is 2.48. The van der Waals surface area contributed by atoms with Crippen molar-refractivity contribution in [3.05, 3.63) is 66.2 Å². The zero-order chi connectivity index (χ0) is 21.1. The van der Waals surface area contributed by atoms with E-state index in [1.165, 1.54) is 4.90 Å². The van der Waals surface area contributed by atoms with Crippen molar-refractivity contribution < 1.29 is 23.9 Å². The molecule has 0 spiro atoms. The first kappa shape index (κ1) is 17.9. The number of rotatable bonds is 3. The number of ether oxygens (including phenoxy) is 2. The second kappa shape index (κ2) is 6.53. The van der Waals surface area contributed by atoms with Crippen molar-refractivity contribution >= 4 is 29.5 Å². The van der Waals surface area contributed by atoms with Gasteiger partial charge in [-0.15, -0.1) is 0 Å². The Hall–Kier alpha value is -3.94. The van der Waals surface area contributed by atoms with Gasteiger partial charge in [-0.25, -0.2) is 4.90 Å². The Bertz CT molecular complexity index is 1170. The van der Waals surface area contributed by atoms with Crippen LogP contribution in [0.2, 0.25) is 0 Å². The number of carbonyl (C=O) groups is 3. The molecular weight excluding hydrogens is 398 g/mol. The fraction of sp³-hybridized carbons (Fsp3) is 0.217. The Morgan fingerprint density at radius 1 is 0.968 bits per heavy atom. The fourth-order valence-corrected chi connectivity index (χ4v) is 4.89. The van der Waals surface area contributed by atoms with E-state index < -0.39 is 29.8 Å². The molecule has 4 atom stereocenters. The van der Waals surface area contributed by atoms with Gasteiger partial charge in [-0.2, -0.15) is 5.10 Å². The Balaban J connectivity index is 1.42. The Morgan fingerprint density at radius 2 is 1.74 bits per heavy atom. The number of nitrogens with zero attached hydrogens (tertiary/aromatic N) is 3. The molecule has 2 aromatic rings. The minimum Gasteiger partial charge on any atom is -0.454 e. The van der Waals surface area contributed by atoms with Gasteiger partial charge in [-0.1, -0.05) is 36.4 Å². The zero-order valence-electron chi connectivity index (χ0n) is 16.3. The molecule has 31 heavy (non-hydrogen) atoms. The number of hydrazone groups is 1. The van der Waals surface area contributed by atoms with Gasteiger partial charge in [-0.3, -0.25) is 19.4 Å². The van der Waals surface area contributed by atoms with E-state index in [0.717, 1.165) is 0 Å². The lowest BCUT2D eigenvalue weighted by Gasteiger charge is -2.30. The van der Waals surface area contributed by atoms with Crippen LogP contribution >= 0.6 is 0 Å². The van der Waals surface area contributed by atoms with Gasteiger partial charge in [0.15, 0.2) is 17.3 Å². The molecule has 0 unspecified atom stereocenters. The van der Waals surface area contributed by atoms with Gasteiger partial charge in [0, 0.05) is 17.8 Å². The highest BCUT2D eigenvalue weighted by molar-refractivity contribution is 6.24. The van der Waals surface area contributed by atoms with Crippen molar-refractivity contribution in [1.82, 2.24) is 5.01 Å². The predicted molar refractivity (Wildman–Crippen MR) is 110 cm³/mol. The van der Waals surface area contributed by atoms with Gasteiger partial charge < -0.3 is 9.47 Å². The maximum atomic E-state index is 13.6. The van der Waals surface area contributed by atoms with Crippen molar-refractivity contribution in [3.8, 4) is 11.5 Å². The first-order valence-corrected chi connectivity index (χ1v) is 10.0. The quantitative estimate of drug-likeness (QED) is 0.563. The summed E-state index contributed by atoms with van der Waals surface area (Å²) < 4.78 is 10.7. The molecule has 0 aliphatic carbocycles. The third-order valence-electron chi connectivity index (χ3n) is 6.23. The number of anilines is 1. The van der Waals surface area contributed by atoms with Crippen LogP contribution in [0, 0.1) is 11.8 Å². The lowest BCUT2D eigenvalue weighted by molar-refractivity contribution is -0.123. The van der Waals surface area contributed by atoms with E-state index in [-0.39, 0.29) is 18.5 Å². The number of carbonyl (C=O) groups excluding carboxylic acids is 3. The topological polar surface area (TPSA) is 88.5 Å². The average Bonchev–Trinajstić information content (AvgIpc) is 3.47. The van der Waals surface area contributed by atoms with Gasteiger partial charge >= 0.3 is 0 Å². The lowest BCUT2D eigenvalue weighted by Crippen LogP contribution is -2.46. The number of benzene rings is 2. The van der Waals surface area contributed by atoms with Gasteiger partial charge in [0.2, 0.25) is 18.6 Å². The van der Waals surface area contributed by atoms with Crippen LogP contribution in [0.3, 0.4) is 0 Å². The molecule has 8 heteroatoms. The largest absolute Gasteiger partial charge is 0.454 e. The molecule has 0 aromatic heterocycles. The second-order valence-corrected chi connectivity index (χ2v) is 7.80. The number of hydrogen-bond donors (Lipinski definition) is 0. The summed E-state index contributed by atoms with van der Waals surface area (Å²) in [6.07, 6.45) is 5.15. The van der Waals surface area contributed by atoms with Crippen LogP contribution in [-0.4, -0.2) is 47.7 Å². The van der Waals surface area contributed by atoms with Crippen molar-refractivity contribution in [2.24, 2.45) is 16.9 Å². The monoisotopic (exact) mass is 415 g/mol. The van der Waals surface area contributed by atoms with E-state index >= 15 is 0 Å². The van der Waals surface area contributed by atoms with Crippen molar-refractivity contribution in [1.29, 1.82) is 0 Å². The van der Waals surface area contributed by atoms with Gasteiger partial charge in [-0.05, 0) is 18.2 Å². The second-order valence-electron chi connectivity index (χ2n) is 7.80. The standard InChI is InChI=1S/C23H17N3O5/c27-21(13-5-2-1-3-6-13)20-19-18(15-7-4-10-24-26(15)20)22(28)25(23(19)29)14-8-9-16-17(11-14)31-12-30-16/h1-11,15,18-20H,12H2/t15-,18-,19+,20-/m1/s1. The van der Waals surface area contributed by atoms with Crippen molar-refractivity contribution in [2.45, 2.75) is 12.1 Å². The predicted octanol–water partition coefficient (Wildman–Crippen LogP) is 2.01. The molecule has 4 aliphatic rings. The van der Waals surface area contributed by atoms with Crippen LogP contribution in [0.1, 0.15) is 10.4 Å². The summed E-state index contributed by atoms with van der Waals surface area (Å²) in [6.45, 7) is 0.0966. The van der Waals surface area contributed by atoms with E-state index in [0.29, 0.717) is 22.7 Å². The molecule has 6 rings (SSSR count). The average molecular weight is 415 g/mol. The van der Waals surface area contributed by atoms with Gasteiger partial charge in [0.25, 0.3) is 0 Å². The highest BCUT2D eigenvalue weighted by Gasteiger charge is 2.64. The van der Waals surface area contributed by atoms with Crippen molar-refractivity contribution in [2.75, 3.05) is 11.7 Å². The summed E-state index contributed by atoms with van der Waals surface area (Å²) in [7, 11) is 0. The highest BCUT2D eigenvalue weighted by Crippen LogP contribution is 2.47. The number of fused-ring (bicyclic) bond motifs is 4. The molecular formula is C23H17N3O5. The molecule has 4 heterocycles. The molecule has 2 aromatic carbocycles. The SMILES string of the molecule is O=C(c1ccccc1)[C@H]1[C@H]2C(=O)N(c3ccc4c(c3)OCO4)C(=O)[C@@H]2[C@H]2C=CC=NN21. The maximum absolute atomic E-state index is 13.6. The molecule has 2 amide bonds. The summed E-state index contributed by atoms with van der Waals surface area (Å²) in [6, 6.07) is 12.5. The number of ketones is 1. The van der Waals surface area contributed by atoms with Crippen LogP contribution in [0.4, 0.5) is 5.69 Å². The molecule has 8 nitrogen and oxygen atoms in total. The fourth-order valence-electron chi connectivity index (χ4n) is 4.89. The molecule has 2 fully saturated rings. The molecule has 2 saturated heterocycles. The van der Waals surface area contributed by atoms with Crippen LogP contribution in [0.25, 0.3) is 0 Å². The number of hydrogen-bond acceptors (Lipinski definition) is 7. The zero-order valence-corrected chi connectivity index (χ0v) is 16.3. The summed E-state index contributed by atoms with van der Waals surface area (Å²) >= 11 is 0. The number of imide groups is 1. The van der Waals surface area contributed by atoms with E-state index in [4.69, 9.17) is 9.47 Å². The van der Waals surface area contributed by atoms with Crippen molar-refractivity contribution in [3.63, 3.8) is 0 Å². The summed E-state index contributed by atoms with van der Waals surface area (Å²) in [4.78, 5) is 41.6. The first-order valence-electron chi connectivity index (χ1n) is 10.0. The minimum atomic E-state index is -0.853. The van der Waals surface area contributed by atoms with Gasteiger partial charge in [0.05, 0.1) is 23.6 Å². The van der Waals surface area contributed by atoms with Crippen LogP contribution in [0.15, 0.2) is 65.8 Å². The van der Waals surface area contributed by atoms with Crippen LogP contribution in [0.5, 0.6) is 11.5 Å². The molecule has 154 valence electrons. The summed E-state index contributed by atoms with van der Waals surface area (Å²) in [5.74, 6) is -1.43. The Labute approximate surface area is 177 Å². The molecule has 0 bridgehead atoms. The van der Waals surface area contributed by atoms with Gasteiger partial charge in [0.1, 0.15) is 6.04 Å². The van der Waals surface area contributed by atoms with E-state index in [1.54, 1.807) is 59.8 Å². The molecule has 0 N–H and O–H groups in total. The molecule has 0 radical (unpaired) electrons. The number of amides is 2. The molecule has 0 saturated carbocycles. The third-order valence-corrected chi connectivity index (χ3v) is 6.23. The summed E-state index contributed by atoms with van der Waals surface area (Å²) in [5.41, 5.74) is 0.896. The first-order chi connectivity index (χ1) is 15.1. The normalized spacial score (nSPS) is 27.6.